The molecule has 0 aliphatic carbocycles. The van der Waals surface area contributed by atoms with Gasteiger partial charge in [-0.2, -0.15) is 0 Å². The van der Waals surface area contributed by atoms with Crippen molar-refractivity contribution in [2.75, 3.05) is 20.2 Å². The number of hydrogen-bond donors (Lipinski definition) is 0. The zero-order valence-corrected chi connectivity index (χ0v) is 12.6. The van der Waals surface area contributed by atoms with Gasteiger partial charge in [0.1, 0.15) is 11.4 Å². The molecule has 0 amide bonds. The average molecular weight is 287 g/mol. The van der Waals surface area contributed by atoms with Crippen LogP contribution in [0.2, 0.25) is 0 Å². The zero-order chi connectivity index (χ0) is 14.9. The van der Waals surface area contributed by atoms with Crippen LogP contribution in [0.1, 0.15) is 31.7 Å². The van der Waals surface area contributed by atoms with Gasteiger partial charge >= 0.3 is 5.97 Å². The van der Waals surface area contributed by atoms with Gasteiger partial charge in [0, 0.05) is 25.6 Å². The number of carbonyl (C=O) groups excluding carboxylic acids is 1. The number of rotatable bonds is 3. The molecule has 3 rings (SSSR count). The molecule has 2 heterocycles. The molecule has 0 N–H and O–H groups in total. The first kappa shape index (κ1) is 14.0. The van der Waals surface area contributed by atoms with Gasteiger partial charge < -0.3 is 14.4 Å². The summed E-state index contributed by atoms with van der Waals surface area (Å²) in [6.07, 6.45) is 5.02. The number of ether oxygens (including phenoxy) is 2. The third-order valence-corrected chi connectivity index (χ3v) is 4.24. The SMILES string of the molecule is COc1cccc(/C=C2\CC3(OC(C)=O)CCCN2C3)c1. The maximum absolute atomic E-state index is 11.4. The topological polar surface area (TPSA) is 38.8 Å². The minimum atomic E-state index is -0.311. The largest absolute Gasteiger partial charge is 0.497 e. The smallest absolute Gasteiger partial charge is 0.303 e. The molecule has 21 heavy (non-hydrogen) atoms. The Labute approximate surface area is 125 Å². The fraction of sp³-hybridized carbons (Fsp3) is 0.471. The van der Waals surface area contributed by atoms with Crippen molar-refractivity contribution >= 4 is 12.0 Å². The summed E-state index contributed by atoms with van der Waals surface area (Å²) in [6.45, 7) is 3.36. The van der Waals surface area contributed by atoms with Crippen molar-refractivity contribution in [1.29, 1.82) is 0 Å². The number of fused-ring (bicyclic) bond motifs is 2. The molecule has 2 fully saturated rings. The number of methoxy groups -OCH3 is 1. The first-order valence-electron chi connectivity index (χ1n) is 7.39. The maximum Gasteiger partial charge on any atom is 0.303 e. The summed E-state index contributed by atoms with van der Waals surface area (Å²) in [4.78, 5) is 13.7. The van der Waals surface area contributed by atoms with Crippen LogP contribution in [0.25, 0.3) is 6.08 Å². The molecule has 2 aliphatic heterocycles. The summed E-state index contributed by atoms with van der Waals surface area (Å²) in [5.74, 6) is 0.675. The molecule has 1 unspecified atom stereocenters. The van der Waals surface area contributed by atoms with Gasteiger partial charge in [-0.15, -0.1) is 0 Å². The van der Waals surface area contributed by atoms with Gasteiger partial charge in [0.2, 0.25) is 0 Å². The lowest BCUT2D eigenvalue weighted by molar-refractivity contribution is -0.157. The van der Waals surface area contributed by atoms with Crippen molar-refractivity contribution < 1.29 is 14.3 Å². The van der Waals surface area contributed by atoms with Crippen LogP contribution in [0.5, 0.6) is 5.75 Å². The molecule has 2 saturated heterocycles. The molecule has 2 aliphatic rings. The number of benzene rings is 1. The Morgan fingerprint density at radius 2 is 2.29 bits per heavy atom. The van der Waals surface area contributed by atoms with Crippen molar-refractivity contribution in [3.05, 3.63) is 35.5 Å². The van der Waals surface area contributed by atoms with Crippen molar-refractivity contribution in [2.24, 2.45) is 0 Å². The highest BCUT2D eigenvalue weighted by atomic mass is 16.6. The van der Waals surface area contributed by atoms with Gasteiger partial charge in [0.25, 0.3) is 0 Å². The summed E-state index contributed by atoms with van der Waals surface area (Å²) in [5, 5.41) is 0. The van der Waals surface area contributed by atoms with E-state index < -0.39 is 0 Å². The number of hydrogen-bond acceptors (Lipinski definition) is 4. The van der Waals surface area contributed by atoms with Crippen LogP contribution >= 0.6 is 0 Å². The van der Waals surface area contributed by atoms with Crippen molar-refractivity contribution in [1.82, 2.24) is 4.90 Å². The van der Waals surface area contributed by atoms with E-state index >= 15 is 0 Å². The molecule has 1 aromatic carbocycles. The van der Waals surface area contributed by atoms with E-state index in [1.165, 1.54) is 12.6 Å². The fourth-order valence-electron chi connectivity index (χ4n) is 3.42. The number of esters is 1. The quantitative estimate of drug-likeness (QED) is 0.801. The van der Waals surface area contributed by atoms with Crippen molar-refractivity contribution in [2.45, 2.75) is 31.8 Å². The second-order valence-electron chi connectivity index (χ2n) is 5.89. The van der Waals surface area contributed by atoms with Crippen LogP contribution < -0.4 is 4.74 Å². The molecule has 0 spiro atoms. The van der Waals surface area contributed by atoms with Gasteiger partial charge in [0.05, 0.1) is 13.7 Å². The summed E-state index contributed by atoms with van der Waals surface area (Å²) in [6, 6.07) is 8.02. The minimum Gasteiger partial charge on any atom is -0.497 e. The predicted molar refractivity (Wildman–Crippen MR) is 80.9 cm³/mol. The molecule has 4 nitrogen and oxygen atoms in total. The van der Waals surface area contributed by atoms with Crippen molar-refractivity contribution in [3.63, 3.8) is 0 Å². The Morgan fingerprint density at radius 1 is 1.43 bits per heavy atom. The molecule has 0 saturated carbocycles. The maximum atomic E-state index is 11.4. The lowest BCUT2D eigenvalue weighted by atomic mass is 9.94. The molecule has 1 aromatic rings. The van der Waals surface area contributed by atoms with E-state index in [-0.39, 0.29) is 11.6 Å². The molecule has 2 bridgehead atoms. The molecule has 1 atom stereocenters. The lowest BCUT2D eigenvalue weighted by Crippen LogP contribution is -2.42. The van der Waals surface area contributed by atoms with Gasteiger partial charge in [-0.05, 0) is 36.6 Å². The van der Waals surface area contributed by atoms with E-state index in [4.69, 9.17) is 9.47 Å². The number of nitrogens with zero attached hydrogens (tertiary/aromatic N) is 1. The number of piperidine rings is 1. The summed E-state index contributed by atoms with van der Waals surface area (Å²) in [5.41, 5.74) is 2.06. The summed E-state index contributed by atoms with van der Waals surface area (Å²) < 4.78 is 10.9. The van der Waals surface area contributed by atoms with E-state index in [1.807, 2.05) is 18.2 Å². The number of carbonyl (C=O) groups is 1. The first-order valence-corrected chi connectivity index (χ1v) is 7.39. The lowest BCUT2D eigenvalue weighted by Gasteiger charge is -2.33. The van der Waals surface area contributed by atoms with Crippen LogP contribution in [-0.4, -0.2) is 36.7 Å². The Balaban J connectivity index is 1.85. The average Bonchev–Trinajstić information content (AvgIpc) is 2.68. The van der Waals surface area contributed by atoms with E-state index in [1.54, 1.807) is 7.11 Å². The highest BCUT2D eigenvalue weighted by molar-refractivity contribution is 5.67. The third kappa shape index (κ3) is 2.89. The molecular weight excluding hydrogens is 266 g/mol. The molecule has 4 heteroatoms. The first-order chi connectivity index (χ1) is 10.1. The molecule has 112 valence electrons. The Hall–Kier alpha value is -1.97. The molecule has 0 radical (unpaired) electrons. The fourth-order valence-corrected chi connectivity index (χ4v) is 3.42. The van der Waals surface area contributed by atoms with Gasteiger partial charge in [-0.1, -0.05) is 12.1 Å². The predicted octanol–water partition coefficient (Wildman–Crippen LogP) is 2.84. The van der Waals surface area contributed by atoms with Gasteiger partial charge in [-0.3, -0.25) is 4.79 Å². The Bertz CT molecular complexity index is 581. The van der Waals surface area contributed by atoms with Gasteiger partial charge in [-0.25, -0.2) is 0 Å². The van der Waals surface area contributed by atoms with E-state index in [2.05, 4.69) is 17.0 Å². The van der Waals surface area contributed by atoms with Crippen LogP contribution in [0.4, 0.5) is 0 Å². The van der Waals surface area contributed by atoms with E-state index in [0.29, 0.717) is 0 Å². The monoisotopic (exact) mass is 287 g/mol. The van der Waals surface area contributed by atoms with Crippen LogP contribution in [0.3, 0.4) is 0 Å². The van der Waals surface area contributed by atoms with Crippen LogP contribution in [0, 0.1) is 0 Å². The van der Waals surface area contributed by atoms with E-state index in [9.17, 15) is 4.79 Å². The second kappa shape index (κ2) is 5.43. The minimum absolute atomic E-state index is 0.181. The second-order valence-corrected chi connectivity index (χ2v) is 5.89. The normalized spacial score (nSPS) is 26.0. The van der Waals surface area contributed by atoms with Crippen LogP contribution in [0.15, 0.2) is 30.0 Å². The zero-order valence-electron chi connectivity index (χ0n) is 12.6. The highest BCUT2D eigenvalue weighted by Crippen LogP contribution is 2.41. The molecule has 0 aromatic heterocycles. The highest BCUT2D eigenvalue weighted by Gasteiger charge is 2.45. The van der Waals surface area contributed by atoms with Crippen molar-refractivity contribution in [3.8, 4) is 5.75 Å². The van der Waals surface area contributed by atoms with E-state index in [0.717, 1.165) is 43.7 Å². The van der Waals surface area contributed by atoms with Crippen LogP contribution in [-0.2, 0) is 9.53 Å². The van der Waals surface area contributed by atoms with Gasteiger partial charge in [0.15, 0.2) is 0 Å². The summed E-state index contributed by atoms with van der Waals surface area (Å²) in [7, 11) is 1.67. The molecular formula is C17H21NO3. The standard InChI is InChI=1S/C17H21NO3/c1-13(19)21-17-7-4-8-18(12-17)15(11-17)9-14-5-3-6-16(10-14)20-2/h3,5-6,9-10H,4,7-8,11-12H2,1-2H3/b15-9+. The Morgan fingerprint density at radius 3 is 3.05 bits per heavy atom. The summed E-state index contributed by atoms with van der Waals surface area (Å²) >= 11 is 0. The third-order valence-electron chi connectivity index (χ3n) is 4.24. The Kier molecular flexibility index (Phi) is 3.62.